The summed E-state index contributed by atoms with van der Waals surface area (Å²) >= 11 is 1.30. The molecule has 7 nitrogen and oxygen atoms in total. The van der Waals surface area contributed by atoms with E-state index in [0.717, 1.165) is 5.13 Å². The van der Waals surface area contributed by atoms with Crippen molar-refractivity contribution < 1.29 is 8.42 Å². The van der Waals surface area contributed by atoms with Crippen LogP contribution in [0, 0.1) is 0 Å². The summed E-state index contributed by atoms with van der Waals surface area (Å²) in [6.45, 7) is 1.24. The monoisotopic (exact) mass is 263 g/mol. The Bertz CT molecular complexity index is 463. The first-order chi connectivity index (χ1) is 7.47. The highest BCUT2D eigenvalue weighted by Gasteiger charge is 2.28. The van der Waals surface area contributed by atoms with Crippen LogP contribution in [0.25, 0.3) is 0 Å². The van der Waals surface area contributed by atoms with Gasteiger partial charge in [0.15, 0.2) is 0 Å². The molecule has 0 amide bonds. The van der Waals surface area contributed by atoms with Gasteiger partial charge in [-0.05, 0) is 12.8 Å². The van der Waals surface area contributed by atoms with Gasteiger partial charge in [0.05, 0.1) is 5.25 Å². The number of nitrogens with zero attached hydrogens (tertiary/aromatic N) is 3. The zero-order chi connectivity index (χ0) is 11.8. The van der Waals surface area contributed by atoms with Crippen LogP contribution in [-0.2, 0) is 10.0 Å². The summed E-state index contributed by atoms with van der Waals surface area (Å²) in [5.74, 6) is 0. The largest absolute Gasteiger partial charge is 0.374 e. The molecule has 1 aliphatic rings. The van der Waals surface area contributed by atoms with Crippen LogP contribution in [0.15, 0.2) is 0 Å². The van der Waals surface area contributed by atoms with Crippen LogP contribution in [0.1, 0.15) is 12.8 Å². The van der Waals surface area contributed by atoms with Crippen molar-refractivity contribution >= 4 is 31.6 Å². The summed E-state index contributed by atoms with van der Waals surface area (Å²) in [6, 6.07) is 0. The molecule has 0 saturated carbocycles. The molecule has 1 aromatic heterocycles. The summed E-state index contributed by atoms with van der Waals surface area (Å²) in [5, 5.41) is 13.5. The predicted octanol–water partition coefficient (Wildman–Crippen LogP) is -0.622. The molecular formula is C7H13N5O2S2. The van der Waals surface area contributed by atoms with Gasteiger partial charge < -0.3 is 10.6 Å². The summed E-state index contributed by atoms with van der Waals surface area (Å²) in [4.78, 5) is 1.98. The fourth-order valence-electron chi connectivity index (χ4n) is 1.73. The quantitative estimate of drug-likeness (QED) is 0.734. The fraction of sp³-hybridized carbons (Fsp3) is 0.714. The molecule has 1 fully saturated rings. The first-order valence-corrected chi connectivity index (χ1v) is 7.25. The van der Waals surface area contributed by atoms with Crippen molar-refractivity contribution in [3.63, 3.8) is 0 Å². The number of piperidine rings is 1. The Morgan fingerprint density at radius 1 is 1.31 bits per heavy atom. The highest BCUT2D eigenvalue weighted by Crippen LogP contribution is 2.26. The summed E-state index contributed by atoms with van der Waals surface area (Å²) in [6.07, 6.45) is 1.05. The SMILES string of the molecule is Nc1nnc(N2CCC(S(N)(=O)=O)CC2)s1. The van der Waals surface area contributed by atoms with Gasteiger partial charge in [-0.25, -0.2) is 13.6 Å². The summed E-state index contributed by atoms with van der Waals surface area (Å²) in [7, 11) is -3.41. The molecule has 0 aliphatic carbocycles. The Hall–Kier alpha value is -0.930. The van der Waals surface area contributed by atoms with Gasteiger partial charge in [-0.15, -0.1) is 10.2 Å². The number of primary sulfonamides is 1. The maximum atomic E-state index is 11.1. The molecule has 0 aromatic carbocycles. The normalized spacial score (nSPS) is 18.9. The van der Waals surface area contributed by atoms with Crippen LogP contribution >= 0.6 is 11.3 Å². The Balaban J connectivity index is 2.00. The number of hydrogen-bond acceptors (Lipinski definition) is 7. The molecule has 2 rings (SSSR count). The number of sulfonamides is 1. The van der Waals surface area contributed by atoms with Gasteiger partial charge in [-0.1, -0.05) is 11.3 Å². The van der Waals surface area contributed by atoms with Gasteiger partial charge in [0.1, 0.15) is 0 Å². The smallest absolute Gasteiger partial charge is 0.212 e. The van der Waals surface area contributed by atoms with Crippen molar-refractivity contribution in [1.29, 1.82) is 0 Å². The van der Waals surface area contributed by atoms with E-state index in [4.69, 9.17) is 10.9 Å². The predicted molar refractivity (Wildman–Crippen MR) is 62.7 cm³/mol. The number of rotatable bonds is 2. The molecule has 0 radical (unpaired) electrons. The van der Waals surface area contributed by atoms with Crippen LogP contribution in [-0.4, -0.2) is 37.0 Å². The van der Waals surface area contributed by atoms with Gasteiger partial charge in [-0.3, -0.25) is 0 Å². The van der Waals surface area contributed by atoms with Crippen LogP contribution in [0.3, 0.4) is 0 Å². The van der Waals surface area contributed by atoms with Crippen LogP contribution < -0.4 is 15.8 Å². The standard InChI is InChI=1S/C7H13N5O2S2/c8-6-10-11-7(15-6)12-3-1-5(2-4-12)16(9,13)14/h5H,1-4H2,(H2,8,10)(H2,9,13,14). The van der Waals surface area contributed by atoms with E-state index in [1.807, 2.05) is 4.90 Å². The van der Waals surface area contributed by atoms with Crippen molar-refractivity contribution in [2.24, 2.45) is 5.14 Å². The maximum absolute atomic E-state index is 11.1. The summed E-state index contributed by atoms with van der Waals surface area (Å²) < 4.78 is 22.3. The first kappa shape index (κ1) is 11.6. The lowest BCUT2D eigenvalue weighted by Crippen LogP contribution is -2.41. The average Bonchev–Trinajstić information content (AvgIpc) is 2.64. The van der Waals surface area contributed by atoms with Gasteiger partial charge in [0, 0.05) is 13.1 Å². The molecule has 0 spiro atoms. The number of anilines is 2. The van der Waals surface area contributed by atoms with Gasteiger partial charge >= 0.3 is 0 Å². The average molecular weight is 263 g/mol. The van der Waals surface area contributed by atoms with Crippen LogP contribution in [0.2, 0.25) is 0 Å². The third-order valence-corrected chi connectivity index (χ3v) is 4.82. The number of nitrogen functional groups attached to an aromatic ring is 1. The second-order valence-corrected chi connectivity index (χ2v) is 6.53. The zero-order valence-electron chi connectivity index (χ0n) is 8.54. The van der Waals surface area contributed by atoms with Gasteiger partial charge in [-0.2, -0.15) is 0 Å². The third kappa shape index (κ3) is 2.42. The topological polar surface area (TPSA) is 115 Å². The molecule has 90 valence electrons. The minimum Gasteiger partial charge on any atom is -0.374 e. The molecule has 0 unspecified atom stereocenters. The minimum atomic E-state index is -3.41. The highest BCUT2D eigenvalue weighted by molar-refractivity contribution is 7.89. The Morgan fingerprint density at radius 2 is 1.94 bits per heavy atom. The molecule has 16 heavy (non-hydrogen) atoms. The number of aromatic nitrogens is 2. The van der Waals surface area contributed by atoms with Crippen LogP contribution in [0.4, 0.5) is 10.3 Å². The Morgan fingerprint density at radius 3 is 2.38 bits per heavy atom. The lowest BCUT2D eigenvalue weighted by atomic mass is 10.1. The van der Waals surface area contributed by atoms with E-state index in [1.165, 1.54) is 11.3 Å². The van der Waals surface area contributed by atoms with E-state index < -0.39 is 15.3 Å². The third-order valence-electron chi connectivity index (χ3n) is 2.61. The van der Waals surface area contributed by atoms with Crippen molar-refractivity contribution in [2.45, 2.75) is 18.1 Å². The van der Waals surface area contributed by atoms with E-state index >= 15 is 0 Å². The van der Waals surface area contributed by atoms with E-state index in [9.17, 15) is 8.42 Å². The lowest BCUT2D eigenvalue weighted by Gasteiger charge is -2.29. The molecule has 2 heterocycles. The molecular weight excluding hydrogens is 250 g/mol. The van der Waals surface area contributed by atoms with Gasteiger partial charge in [0.25, 0.3) is 0 Å². The first-order valence-electron chi connectivity index (χ1n) is 4.82. The van der Waals surface area contributed by atoms with Crippen molar-refractivity contribution in [3.05, 3.63) is 0 Å². The molecule has 0 atom stereocenters. The van der Waals surface area contributed by atoms with Crippen molar-refractivity contribution in [1.82, 2.24) is 10.2 Å². The Labute approximate surface area is 97.5 Å². The lowest BCUT2D eigenvalue weighted by molar-refractivity contribution is 0.530. The molecule has 1 aliphatic heterocycles. The summed E-state index contributed by atoms with van der Waals surface area (Å²) in [5.41, 5.74) is 5.48. The molecule has 1 aromatic rings. The fourth-order valence-corrected chi connectivity index (χ4v) is 3.26. The van der Waals surface area contributed by atoms with Gasteiger partial charge in [0.2, 0.25) is 20.3 Å². The second kappa shape index (κ2) is 4.15. The van der Waals surface area contributed by atoms with E-state index in [2.05, 4.69) is 10.2 Å². The van der Waals surface area contributed by atoms with E-state index in [-0.39, 0.29) is 0 Å². The Kier molecular flexibility index (Phi) is 3.00. The molecule has 0 bridgehead atoms. The van der Waals surface area contributed by atoms with E-state index in [0.29, 0.717) is 31.1 Å². The minimum absolute atomic E-state index is 0.420. The second-order valence-electron chi connectivity index (χ2n) is 3.70. The zero-order valence-corrected chi connectivity index (χ0v) is 10.2. The molecule has 9 heteroatoms. The molecule has 4 N–H and O–H groups in total. The number of hydrogen-bond donors (Lipinski definition) is 2. The van der Waals surface area contributed by atoms with Crippen molar-refractivity contribution in [2.75, 3.05) is 23.7 Å². The van der Waals surface area contributed by atoms with E-state index in [1.54, 1.807) is 0 Å². The van der Waals surface area contributed by atoms with Crippen molar-refractivity contribution in [3.8, 4) is 0 Å². The maximum Gasteiger partial charge on any atom is 0.212 e. The highest BCUT2D eigenvalue weighted by atomic mass is 32.2. The number of nitrogens with two attached hydrogens (primary N) is 2. The molecule has 1 saturated heterocycles. The van der Waals surface area contributed by atoms with Crippen LogP contribution in [0.5, 0.6) is 0 Å².